The van der Waals surface area contributed by atoms with Crippen LogP contribution < -0.4 is 16.6 Å². The van der Waals surface area contributed by atoms with Crippen molar-refractivity contribution in [3.8, 4) is 0 Å². The number of fused-ring (bicyclic) bond motifs is 1. The van der Waals surface area contributed by atoms with Crippen LogP contribution in [0.15, 0.2) is 21.7 Å². The molecule has 2 aliphatic rings. The molecule has 0 spiro atoms. The van der Waals surface area contributed by atoms with Crippen molar-refractivity contribution in [2.24, 2.45) is 0 Å². The zero-order valence-electron chi connectivity index (χ0n) is 16.3. The first-order valence-electron chi connectivity index (χ1n) is 10.4. The monoisotopic (exact) mass is 389 g/mol. The van der Waals surface area contributed by atoms with Crippen LogP contribution in [0, 0.1) is 5.82 Å². The summed E-state index contributed by atoms with van der Waals surface area (Å²) in [6.45, 7) is 1.38. The molecule has 2 N–H and O–H groups in total. The molecule has 2 fully saturated rings. The summed E-state index contributed by atoms with van der Waals surface area (Å²) in [5.74, 6) is -0.496. The summed E-state index contributed by atoms with van der Waals surface area (Å²) in [5, 5.41) is 13.4. The lowest BCUT2D eigenvalue weighted by Gasteiger charge is -2.25. The number of benzene rings is 1. The van der Waals surface area contributed by atoms with Gasteiger partial charge in [0.1, 0.15) is 12.0 Å². The van der Waals surface area contributed by atoms with Crippen LogP contribution in [0.2, 0.25) is 0 Å². The van der Waals surface area contributed by atoms with Crippen molar-refractivity contribution in [3.05, 3.63) is 38.8 Å². The molecular weight excluding hydrogens is 361 g/mol. The van der Waals surface area contributed by atoms with Crippen molar-refractivity contribution < 1.29 is 9.50 Å². The highest BCUT2D eigenvalue weighted by Gasteiger charge is 2.25. The molecule has 7 heteroatoms. The predicted molar refractivity (Wildman–Crippen MR) is 107 cm³/mol. The van der Waals surface area contributed by atoms with Gasteiger partial charge in [-0.3, -0.25) is 9.36 Å². The molecule has 1 atom stereocenters. The Morgan fingerprint density at radius 2 is 1.71 bits per heavy atom. The summed E-state index contributed by atoms with van der Waals surface area (Å²) in [6, 6.07) is 3.01. The number of hydrogen-bond donors (Lipinski definition) is 2. The number of rotatable bonds is 4. The highest BCUT2D eigenvalue weighted by Crippen LogP contribution is 2.32. The van der Waals surface area contributed by atoms with Gasteiger partial charge >= 0.3 is 5.69 Å². The number of nitrogens with zero attached hydrogens (tertiary/aromatic N) is 2. The Balaban J connectivity index is 1.90. The fourth-order valence-electron chi connectivity index (χ4n) is 4.79. The molecule has 1 aromatic carbocycles. The van der Waals surface area contributed by atoms with Gasteiger partial charge in [-0.05, 0) is 44.7 Å². The molecule has 152 valence electrons. The third kappa shape index (κ3) is 3.36. The summed E-state index contributed by atoms with van der Waals surface area (Å²) in [7, 11) is 0. The van der Waals surface area contributed by atoms with Gasteiger partial charge in [0.25, 0.3) is 5.56 Å². The Morgan fingerprint density at radius 3 is 2.36 bits per heavy atom. The first kappa shape index (κ1) is 19.2. The molecule has 0 amide bonds. The topological polar surface area (TPSA) is 76.3 Å². The lowest BCUT2D eigenvalue weighted by Crippen LogP contribution is -2.42. The van der Waals surface area contributed by atoms with Crippen LogP contribution in [0.3, 0.4) is 0 Å². The molecule has 1 aromatic heterocycles. The van der Waals surface area contributed by atoms with E-state index in [0.717, 1.165) is 55.9 Å². The molecule has 0 radical (unpaired) electrons. The van der Waals surface area contributed by atoms with Crippen molar-refractivity contribution in [1.82, 2.24) is 9.13 Å². The van der Waals surface area contributed by atoms with Crippen molar-refractivity contribution in [2.45, 2.75) is 83.0 Å². The summed E-state index contributed by atoms with van der Waals surface area (Å²) < 4.78 is 17.3. The average molecular weight is 389 g/mol. The molecular formula is C21H28FN3O3. The Morgan fingerprint density at radius 1 is 1.07 bits per heavy atom. The van der Waals surface area contributed by atoms with E-state index in [9.17, 15) is 19.1 Å². The standard InChI is InChI=1S/C21H28FN3O3/c1-13(26)24-20(27)16-11-17(22)18(23-14-7-3-2-4-8-14)12-19(16)25(21(24)28)15-9-5-6-10-15/h11-15,23,26H,2-10H2,1H3. The molecule has 4 rings (SSSR count). The van der Waals surface area contributed by atoms with Crippen LogP contribution in [0.25, 0.3) is 10.9 Å². The van der Waals surface area contributed by atoms with E-state index in [-0.39, 0.29) is 17.5 Å². The summed E-state index contributed by atoms with van der Waals surface area (Å²) in [5.41, 5.74) is -0.361. The van der Waals surface area contributed by atoms with Gasteiger partial charge in [0.15, 0.2) is 0 Å². The minimum atomic E-state index is -1.26. The van der Waals surface area contributed by atoms with Crippen LogP contribution in [0.4, 0.5) is 10.1 Å². The van der Waals surface area contributed by atoms with E-state index in [1.807, 2.05) is 0 Å². The van der Waals surface area contributed by atoms with Gasteiger partial charge < -0.3 is 10.4 Å². The molecule has 1 unspecified atom stereocenters. The maximum absolute atomic E-state index is 14.8. The molecule has 1 heterocycles. The Kier molecular flexibility index (Phi) is 5.27. The van der Waals surface area contributed by atoms with E-state index in [4.69, 9.17) is 0 Å². The van der Waals surface area contributed by atoms with E-state index in [1.165, 1.54) is 19.4 Å². The SMILES string of the molecule is CC(O)n1c(=O)c2cc(F)c(NC3CCCCC3)cc2n(C2CCCC2)c1=O. The Hall–Kier alpha value is -2.15. The van der Waals surface area contributed by atoms with E-state index < -0.39 is 23.3 Å². The normalized spacial score (nSPS) is 20.0. The predicted octanol–water partition coefficient (Wildman–Crippen LogP) is 3.67. The molecule has 2 aromatic rings. The van der Waals surface area contributed by atoms with Crippen molar-refractivity contribution in [1.29, 1.82) is 0 Å². The van der Waals surface area contributed by atoms with E-state index in [1.54, 1.807) is 10.6 Å². The summed E-state index contributed by atoms with van der Waals surface area (Å²) in [4.78, 5) is 25.9. The number of halogens is 1. The minimum Gasteiger partial charge on any atom is -0.380 e. The first-order chi connectivity index (χ1) is 13.5. The lowest BCUT2D eigenvalue weighted by atomic mass is 9.95. The summed E-state index contributed by atoms with van der Waals surface area (Å²) in [6.07, 6.45) is 7.90. The molecule has 28 heavy (non-hydrogen) atoms. The van der Waals surface area contributed by atoms with Crippen LogP contribution in [0.1, 0.15) is 77.0 Å². The molecule has 2 saturated carbocycles. The zero-order chi connectivity index (χ0) is 19.8. The molecule has 0 bridgehead atoms. The van der Waals surface area contributed by atoms with Crippen molar-refractivity contribution >= 4 is 16.6 Å². The lowest BCUT2D eigenvalue weighted by molar-refractivity contribution is 0.113. The molecule has 0 saturated heterocycles. The van der Waals surface area contributed by atoms with Crippen LogP contribution in [0.5, 0.6) is 0 Å². The second-order valence-corrected chi connectivity index (χ2v) is 8.23. The van der Waals surface area contributed by atoms with Gasteiger partial charge in [-0.2, -0.15) is 0 Å². The largest absolute Gasteiger partial charge is 0.380 e. The highest BCUT2D eigenvalue weighted by molar-refractivity contribution is 5.82. The minimum absolute atomic E-state index is 0.0337. The number of nitrogens with one attached hydrogen (secondary N) is 1. The number of hydrogen-bond acceptors (Lipinski definition) is 4. The Bertz CT molecular complexity index is 983. The van der Waals surface area contributed by atoms with E-state index in [2.05, 4.69) is 5.32 Å². The highest BCUT2D eigenvalue weighted by atomic mass is 19.1. The number of anilines is 1. The van der Waals surface area contributed by atoms with Gasteiger partial charge in [-0.25, -0.2) is 13.8 Å². The Labute approximate surface area is 163 Å². The molecule has 6 nitrogen and oxygen atoms in total. The maximum atomic E-state index is 14.8. The third-order valence-corrected chi connectivity index (χ3v) is 6.23. The number of aromatic nitrogens is 2. The fourth-order valence-corrected chi connectivity index (χ4v) is 4.79. The number of aliphatic hydroxyl groups is 1. The quantitative estimate of drug-likeness (QED) is 0.837. The van der Waals surface area contributed by atoms with E-state index >= 15 is 0 Å². The van der Waals surface area contributed by atoms with Gasteiger partial charge in [0, 0.05) is 12.1 Å². The second kappa shape index (κ2) is 7.70. The van der Waals surface area contributed by atoms with Crippen LogP contribution in [-0.2, 0) is 0 Å². The second-order valence-electron chi connectivity index (χ2n) is 8.23. The van der Waals surface area contributed by atoms with Crippen LogP contribution >= 0.6 is 0 Å². The maximum Gasteiger partial charge on any atom is 0.333 e. The van der Waals surface area contributed by atoms with Crippen molar-refractivity contribution in [2.75, 3.05) is 5.32 Å². The summed E-state index contributed by atoms with van der Waals surface area (Å²) >= 11 is 0. The van der Waals surface area contributed by atoms with Crippen LogP contribution in [-0.4, -0.2) is 20.3 Å². The number of aliphatic hydroxyl groups excluding tert-OH is 1. The molecule has 0 aliphatic heterocycles. The zero-order valence-corrected chi connectivity index (χ0v) is 16.3. The first-order valence-corrected chi connectivity index (χ1v) is 10.4. The third-order valence-electron chi connectivity index (χ3n) is 6.23. The fraction of sp³-hybridized carbons (Fsp3) is 0.619. The van der Waals surface area contributed by atoms with Gasteiger partial charge in [-0.15, -0.1) is 0 Å². The van der Waals surface area contributed by atoms with E-state index in [0.29, 0.717) is 11.2 Å². The van der Waals surface area contributed by atoms with Gasteiger partial charge in [0.2, 0.25) is 0 Å². The molecule has 2 aliphatic carbocycles. The average Bonchev–Trinajstić information content (AvgIpc) is 3.18. The van der Waals surface area contributed by atoms with Crippen molar-refractivity contribution in [3.63, 3.8) is 0 Å². The van der Waals surface area contributed by atoms with Gasteiger partial charge in [0.05, 0.1) is 16.6 Å². The van der Waals surface area contributed by atoms with Gasteiger partial charge in [-0.1, -0.05) is 32.1 Å². The smallest absolute Gasteiger partial charge is 0.333 e.